The number of hydrogen-bond acceptors (Lipinski definition) is 6. The number of halogens is 2. The van der Waals surface area contributed by atoms with Gasteiger partial charge in [-0.05, 0) is 43.0 Å². The molecule has 1 saturated heterocycles. The van der Waals surface area contributed by atoms with Gasteiger partial charge in [-0.15, -0.1) is 0 Å². The number of nitrogens with zero attached hydrogens (tertiary/aromatic N) is 2. The summed E-state index contributed by atoms with van der Waals surface area (Å²) in [4.78, 5) is 56.4. The fourth-order valence-corrected chi connectivity index (χ4v) is 4.27. The Morgan fingerprint density at radius 1 is 1.19 bits per heavy atom. The molecule has 204 valence electrons. The van der Waals surface area contributed by atoms with Crippen molar-refractivity contribution in [3.05, 3.63) is 34.3 Å². The zero-order valence-electron chi connectivity index (χ0n) is 20.8. The van der Waals surface area contributed by atoms with E-state index < -0.39 is 54.4 Å². The van der Waals surface area contributed by atoms with Gasteiger partial charge in [-0.3, -0.25) is 24.2 Å². The van der Waals surface area contributed by atoms with Crippen molar-refractivity contribution in [1.29, 1.82) is 0 Å². The number of β-amino-alcohol motifs (C(OH)–C–C–N with tert-alkyl or cyclic N) is 1. The molecule has 0 bridgehead atoms. The molecule has 4 atom stereocenters. The van der Waals surface area contributed by atoms with Crippen LogP contribution in [0.4, 0.5) is 4.39 Å². The second kappa shape index (κ2) is 14.0. The van der Waals surface area contributed by atoms with Gasteiger partial charge in [0, 0.05) is 29.5 Å². The molecule has 0 aromatic heterocycles. The minimum absolute atomic E-state index is 0.0619. The quantitative estimate of drug-likeness (QED) is 0.132. The Morgan fingerprint density at radius 3 is 2.41 bits per heavy atom. The Morgan fingerprint density at radius 2 is 1.84 bits per heavy atom. The third kappa shape index (κ3) is 8.78. The van der Waals surface area contributed by atoms with Gasteiger partial charge < -0.3 is 32.1 Å². The number of rotatable bonds is 12. The summed E-state index contributed by atoms with van der Waals surface area (Å²) < 4.78 is 13.9. The van der Waals surface area contributed by atoms with E-state index in [0.29, 0.717) is 12.0 Å². The van der Waals surface area contributed by atoms with Crippen molar-refractivity contribution in [2.75, 3.05) is 19.8 Å². The average molecular weight is 585 g/mol. The highest BCUT2D eigenvalue weighted by Gasteiger charge is 2.43. The van der Waals surface area contributed by atoms with Crippen LogP contribution in [0.5, 0.6) is 0 Å². The van der Waals surface area contributed by atoms with Crippen LogP contribution in [0.15, 0.2) is 33.7 Å². The van der Waals surface area contributed by atoms with Crippen LogP contribution < -0.4 is 22.1 Å². The van der Waals surface area contributed by atoms with Crippen molar-refractivity contribution in [1.82, 2.24) is 15.5 Å². The Labute approximate surface area is 223 Å². The van der Waals surface area contributed by atoms with Crippen molar-refractivity contribution >= 4 is 45.4 Å². The minimum atomic E-state index is -1.28. The monoisotopic (exact) mass is 584 g/mol. The molecule has 11 nitrogen and oxygen atoms in total. The van der Waals surface area contributed by atoms with Gasteiger partial charge in [0.15, 0.2) is 11.7 Å². The molecule has 0 unspecified atom stereocenters. The Kier molecular flexibility index (Phi) is 11.4. The summed E-state index contributed by atoms with van der Waals surface area (Å²) in [5.41, 5.74) is 10.9. The van der Waals surface area contributed by atoms with E-state index >= 15 is 0 Å². The van der Waals surface area contributed by atoms with Crippen molar-refractivity contribution in [2.45, 2.75) is 57.3 Å². The number of carbonyl (C=O) groups excluding carboxylic acids is 4. The smallest absolute Gasteiger partial charge is 0.251 e. The van der Waals surface area contributed by atoms with E-state index in [1.165, 1.54) is 4.90 Å². The fraction of sp³-hybridized carbons (Fsp3) is 0.542. The van der Waals surface area contributed by atoms with Crippen LogP contribution in [0.1, 0.15) is 43.5 Å². The molecule has 1 fully saturated rings. The lowest BCUT2D eigenvalue weighted by molar-refractivity contribution is -0.141. The normalized spacial score (nSPS) is 18.7. The number of nitrogens with one attached hydrogen (secondary N) is 2. The summed E-state index contributed by atoms with van der Waals surface area (Å²) in [5.74, 6) is -2.98. The number of ketones is 1. The van der Waals surface area contributed by atoms with Crippen molar-refractivity contribution < 1.29 is 28.7 Å². The van der Waals surface area contributed by atoms with Crippen molar-refractivity contribution in [3.8, 4) is 0 Å². The molecular weight excluding hydrogens is 551 g/mol. The van der Waals surface area contributed by atoms with Crippen LogP contribution in [0.3, 0.4) is 0 Å². The molecular formula is C24H34BrFN6O5. The maximum absolute atomic E-state index is 13.5. The molecule has 1 aliphatic rings. The first-order valence-electron chi connectivity index (χ1n) is 11.9. The number of guanidine groups is 1. The van der Waals surface area contributed by atoms with E-state index in [1.807, 2.05) is 0 Å². The predicted octanol–water partition coefficient (Wildman–Crippen LogP) is 0.242. The summed E-state index contributed by atoms with van der Waals surface area (Å²) in [6.45, 7) is 2.29. The highest BCUT2D eigenvalue weighted by molar-refractivity contribution is 9.10. The Balaban J connectivity index is 2.15. The topological polar surface area (TPSA) is 180 Å². The number of aliphatic hydroxyl groups excluding tert-OH is 1. The van der Waals surface area contributed by atoms with Crippen molar-refractivity contribution in [2.24, 2.45) is 22.4 Å². The molecule has 0 radical (unpaired) electrons. The lowest BCUT2D eigenvalue weighted by Gasteiger charge is -2.31. The van der Waals surface area contributed by atoms with E-state index in [-0.39, 0.29) is 37.8 Å². The van der Waals surface area contributed by atoms with E-state index in [4.69, 9.17) is 11.5 Å². The molecule has 0 saturated carbocycles. The Bertz CT molecular complexity index is 1000. The molecule has 1 aliphatic heterocycles. The number of aliphatic imine (C=N–C) groups is 1. The summed E-state index contributed by atoms with van der Waals surface area (Å²) in [7, 11) is 0. The number of carbonyl (C=O) groups is 4. The second-order valence-corrected chi connectivity index (χ2v) is 10.1. The number of benzene rings is 1. The van der Waals surface area contributed by atoms with E-state index in [2.05, 4.69) is 31.6 Å². The summed E-state index contributed by atoms with van der Waals surface area (Å²) in [5, 5.41) is 15.5. The third-order valence-corrected chi connectivity index (χ3v) is 6.50. The second-order valence-electron chi connectivity index (χ2n) is 9.21. The first kappa shape index (κ1) is 30.2. The zero-order valence-corrected chi connectivity index (χ0v) is 22.4. The largest absolute Gasteiger partial charge is 0.391 e. The molecule has 37 heavy (non-hydrogen) atoms. The van der Waals surface area contributed by atoms with E-state index in [9.17, 15) is 28.7 Å². The first-order valence-corrected chi connectivity index (χ1v) is 12.7. The first-order chi connectivity index (χ1) is 17.4. The number of amides is 3. The summed E-state index contributed by atoms with van der Waals surface area (Å²) in [6.07, 6.45) is -0.644. The maximum Gasteiger partial charge on any atom is 0.251 e. The van der Waals surface area contributed by atoms with Crippen LogP contribution in [0.25, 0.3) is 0 Å². The third-order valence-electron chi connectivity index (χ3n) is 5.97. The molecule has 1 heterocycles. The number of alkyl halides is 1. The van der Waals surface area contributed by atoms with Gasteiger partial charge in [0.05, 0.1) is 12.1 Å². The number of nitrogens with two attached hydrogens (primary N) is 2. The number of aliphatic hydroxyl groups is 1. The van der Waals surface area contributed by atoms with Gasteiger partial charge in [-0.1, -0.05) is 29.8 Å². The van der Waals surface area contributed by atoms with Crippen LogP contribution in [-0.2, 0) is 14.4 Å². The zero-order chi connectivity index (χ0) is 27.7. The van der Waals surface area contributed by atoms with Gasteiger partial charge in [0.25, 0.3) is 5.91 Å². The Hall–Kier alpha value is -3.06. The van der Waals surface area contributed by atoms with Crippen LogP contribution in [-0.4, -0.2) is 83.5 Å². The number of Topliss-reactive ketones (excluding diaryl/α,β-unsaturated/α-hetero) is 1. The molecule has 13 heteroatoms. The molecule has 0 aliphatic carbocycles. The lowest BCUT2D eigenvalue weighted by Crippen LogP contribution is -2.56. The van der Waals surface area contributed by atoms with Crippen LogP contribution >= 0.6 is 15.9 Å². The highest BCUT2D eigenvalue weighted by Crippen LogP contribution is 2.22. The molecule has 2 rings (SSSR count). The van der Waals surface area contributed by atoms with Gasteiger partial charge in [0.1, 0.15) is 18.8 Å². The predicted molar refractivity (Wildman–Crippen MR) is 139 cm³/mol. The van der Waals surface area contributed by atoms with Gasteiger partial charge >= 0.3 is 0 Å². The highest BCUT2D eigenvalue weighted by atomic mass is 79.9. The molecule has 1 aromatic rings. The molecule has 0 spiro atoms. The van der Waals surface area contributed by atoms with Crippen LogP contribution in [0, 0.1) is 5.92 Å². The molecule has 3 amide bonds. The van der Waals surface area contributed by atoms with Gasteiger partial charge in [0.2, 0.25) is 11.8 Å². The average Bonchev–Trinajstić information content (AvgIpc) is 3.25. The lowest BCUT2D eigenvalue weighted by atomic mass is 10.0. The van der Waals surface area contributed by atoms with E-state index in [1.54, 1.807) is 38.1 Å². The fourth-order valence-electron chi connectivity index (χ4n) is 4.00. The number of hydrogen-bond donors (Lipinski definition) is 5. The van der Waals surface area contributed by atoms with Gasteiger partial charge in [-0.25, -0.2) is 4.39 Å². The van der Waals surface area contributed by atoms with Crippen LogP contribution in [0.2, 0.25) is 0 Å². The molecule has 7 N–H and O–H groups in total. The van der Waals surface area contributed by atoms with Gasteiger partial charge in [-0.2, -0.15) is 0 Å². The van der Waals surface area contributed by atoms with E-state index in [0.717, 1.165) is 4.47 Å². The standard InChI is InChI=1S/C24H34BrFN6O5/c1-13(2)20(31-21(35)14-5-7-15(25)8-6-14)23(37)32-12-16(33)10-18(32)22(36)30-17(19(34)11-26)4-3-9-29-24(27)28/h5-8,13,16-18,20,33H,3-4,9-12H2,1-2H3,(H,30,36)(H,31,35)(H4,27,28,29)/t16-,17+,18+,20+/m1/s1. The maximum atomic E-state index is 13.5. The van der Waals surface area contributed by atoms with Crippen molar-refractivity contribution in [3.63, 3.8) is 0 Å². The minimum Gasteiger partial charge on any atom is -0.391 e. The number of likely N-dealkylation sites (tertiary alicyclic amines) is 1. The summed E-state index contributed by atoms with van der Waals surface area (Å²) >= 11 is 3.30. The summed E-state index contributed by atoms with van der Waals surface area (Å²) in [6, 6.07) is 3.40. The molecule has 1 aromatic carbocycles. The SMILES string of the molecule is CC(C)[C@H](NC(=O)c1ccc(Br)cc1)C(=O)N1C[C@H](O)C[C@H]1C(=O)N[C@@H](CCCN=C(N)N)C(=O)CF.